The number of hydrogen-bond donors (Lipinski definition) is 0. The standard InChI is InChI=1S/Ba.Pr.Y.Zr.2H. The molecule has 0 saturated carbocycles. The van der Waals surface area contributed by atoms with E-state index in [-0.39, 0.29) is 149 Å². The van der Waals surface area contributed by atoms with Crippen molar-refractivity contribution in [3.8, 4) is 0 Å². The Balaban J connectivity index is 0. The van der Waals surface area contributed by atoms with E-state index in [1.165, 1.54) is 0 Å². The van der Waals surface area contributed by atoms with Crippen LogP contribution in [0.4, 0.5) is 0 Å². The molecule has 14 valence electrons. The van der Waals surface area contributed by atoms with Gasteiger partial charge in [-0.05, 0) is 0 Å². The van der Waals surface area contributed by atoms with E-state index in [1.807, 2.05) is 0 Å². The molecule has 0 saturated heterocycles. The zero-order chi connectivity index (χ0) is 0. The topological polar surface area (TPSA) is 0 Å². The van der Waals surface area contributed by atoms with E-state index < -0.39 is 0 Å². The fourth-order valence-corrected chi connectivity index (χ4v) is 0. The van der Waals surface area contributed by atoms with Gasteiger partial charge in [-0.15, -0.1) is 0 Å². The quantitative estimate of drug-likeness (QED) is 0.411. The first-order valence-corrected chi connectivity index (χ1v) is 0. The average Bonchev–Trinajstić information content (AvgIpc) is 0. The summed E-state index contributed by atoms with van der Waals surface area (Å²) in [5.74, 6) is 0. The number of rotatable bonds is 0. The van der Waals surface area contributed by atoms with Gasteiger partial charge in [-0.1, -0.05) is 0 Å². The molecule has 0 N–H and O–H groups in total. The molecule has 0 fully saturated rings. The molecule has 4 heavy (non-hydrogen) atoms. The second kappa shape index (κ2) is 15.7. The monoisotopic (exact) mass is 460 g/mol. The maximum Gasteiger partial charge on any atom is 0 e. The normalized spacial score (nSPS) is 0. The Kier molecular flexibility index (Phi) is 90.5. The molecule has 0 unspecified atom stereocenters. The second-order valence-electron chi connectivity index (χ2n) is 0. The van der Waals surface area contributed by atoms with Crippen molar-refractivity contribution in [1.29, 1.82) is 0 Å². The molecule has 0 rings (SSSR count). The molecule has 0 spiro atoms. The predicted octanol–water partition coefficient (Wildman–Crippen LogP) is -0.921. The van der Waals surface area contributed by atoms with Gasteiger partial charge in [-0.2, -0.15) is 0 Å². The molecule has 0 aromatic carbocycles. The van der Waals surface area contributed by atoms with Crippen LogP contribution in [0.15, 0.2) is 0 Å². The summed E-state index contributed by atoms with van der Waals surface area (Å²) in [6.07, 6.45) is 0. The summed E-state index contributed by atoms with van der Waals surface area (Å²) < 4.78 is 0. The zero-order valence-corrected chi connectivity index (χ0v) is 10.7. The third-order valence-corrected chi connectivity index (χ3v) is 0. The van der Waals surface area contributed by atoms with E-state index in [0.29, 0.717) is 0 Å². The molecule has 0 bridgehead atoms. The third-order valence-electron chi connectivity index (χ3n) is 0. The van der Waals surface area contributed by atoms with Crippen LogP contribution in [0, 0.1) is 41.3 Å². The first kappa shape index (κ1) is 23.1. The molecule has 0 aliphatic carbocycles. The summed E-state index contributed by atoms with van der Waals surface area (Å²) in [6, 6.07) is 0. The van der Waals surface area contributed by atoms with Crippen LogP contribution < -0.4 is 0 Å². The summed E-state index contributed by atoms with van der Waals surface area (Å²) in [7, 11) is 0. The van der Waals surface area contributed by atoms with Gasteiger partial charge in [-0.3, -0.25) is 0 Å². The molecule has 0 aliphatic heterocycles. The largest absolute Gasteiger partial charge is 0 e. The van der Waals surface area contributed by atoms with Crippen LogP contribution in [0.2, 0.25) is 0 Å². The van der Waals surface area contributed by atoms with E-state index in [0.717, 1.165) is 0 Å². The van der Waals surface area contributed by atoms with Gasteiger partial charge in [0, 0.05) is 100 Å². The third kappa shape index (κ3) is 10.0. The van der Waals surface area contributed by atoms with Gasteiger partial charge in [0.15, 0.2) is 0 Å². The van der Waals surface area contributed by atoms with Crippen LogP contribution in [-0.2, 0) is 58.9 Å². The van der Waals surface area contributed by atoms with Gasteiger partial charge < -0.3 is 0 Å². The van der Waals surface area contributed by atoms with Gasteiger partial charge in [0.05, 0.1) is 0 Å². The fourth-order valence-electron chi connectivity index (χ4n) is 0. The second-order valence-corrected chi connectivity index (χ2v) is 0. The minimum atomic E-state index is 0. The van der Waals surface area contributed by atoms with Gasteiger partial charge in [0.25, 0.3) is 0 Å². The predicted molar refractivity (Wildman–Crippen MR) is 8.54 cm³/mol. The SMILES string of the molecule is [BaH2].[Pr].[Y].[Zr]. The summed E-state index contributed by atoms with van der Waals surface area (Å²) in [4.78, 5) is 0. The van der Waals surface area contributed by atoms with Gasteiger partial charge >= 0.3 is 48.9 Å². The number of hydrogen-bond acceptors (Lipinski definition) is 0. The molecule has 0 aromatic heterocycles. The smallest absolute Gasteiger partial charge is 0 e. The van der Waals surface area contributed by atoms with E-state index in [9.17, 15) is 0 Å². The van der Waals surface area contributed by atoms with Crippen molar-refractivity contribution in [2.24, 2.45) is 0 Å². The molecular formula is H2BaPrYZr. The van der Waals surface area contributed by atoms with Crippen molar-refractivity contribution in [2.75, 3.05) is 0 Å². The van der Waals surface area contributed by atoms with E-state index in [2.05, 4.69) is 0 Å². The van der Waals surface area contributed by atoms with E-state index in [1.54, 1.807) is 0 Å². The van der Waals surface area contributed by atoms with Crippen molar-refractivity contribution >= 4 is 48.9 Å². The van der Waals surface area contributed by atoms with E-state index in [4.69, 9.17) is 0 Å². The van der Waals surface area contributed by atoms with Crippen molar-refractivity contribution in [3.63, 3.8) is 0 Å². The van der Waals surface area contributed by atoms with Crippen LogP contribution in [0.3, 0.4) is 0 Å². The van der Waals surface area contributed by atoms with Crippen LogP contribution in [0.5, 0.6) is 0 Å². The molecule has 0 heterocycles. The summed E-state index contributed by atoms with van der Waals surface area (Å²) in [5.41, 5.74) is 0. The van der Waals surface area contributed by atoms with E-state index >= 15 is 0 Å². The van der Waals surface area contributed by atoms with Crippen molar-refractivity contribution in [2.45, 2.75) is 0 Å². The van der Waals surface area contributed by atoms with Crippen molar-refractivity contribution in [1.82, 2.24) is 0 Å². The van der Waals surface area contributed by atoms with Crippen LogP contribution in [-0.4, -0.2) is 48.9 Å². The van der Waals surface area contributed by atoms with Gasteiger partial charge in [0.2, 0.25) is 0 Å². The van der Waals surface area contributed by atoms with Crippen LogP contribution in [0.1, 0.15) is 0 Å². The Bertz CT molecular complexity index is 8.00. The molecular weight excluding hydrogens is 458 g/mol. The Hall–Kier alpha value is 4.92. The Labute approximate surface area is 144 Å². The molecule has 0 nitrogen and oxygen atoms in total. The first-order valence-electron chi connectivity index (χ1n) is 0. The minimum Gasteiger partial charge on any atom is 0 e. The fraction of sp³-hybridized carbons (Fsp3) is 0. The molecule has 0 amide bonds. The van der Waals surface area contributed by atoms with Gasteiger partial charge in [-0.25, -0.2) is 0 Å². The summed E-state index contributed by atoms with van der Waals surface area (Å²) in [6.45, 7) is 0. The molecule has 0 aliphatic rings. The summed E-state index contributed by atoms with van der Waals surface area (Å²) in [5, 5.41) is 0. The van der Waals surface area contributed by atoms with Crippen molar-refractivity contribution in [3.05, 3.63) is 0 Å². The Morgan fingerprint density at radius 2 is 1.00 bits per heavy atom. The zero-order valence-electron chi connectivity index (χ0n) is 1.65. The molecule has 2 radical (unpaired) electrons. The van der Waals surface area contributed by atoms with Crippen molar-refractivity contribution < 1.29 is 100 Å². The Morgan fingerprint density at radius 1 is 1.00 bits per heavy atom. The van der Waals surface area contributed by atoms with Crippen LogP contribution >= 0.6 is 0 Å². The summed E-state index contributed by atoms with van der Waals surface area (Å²) >= 11 is 0. The molecule has 4 heteroatoms. The molecule has 0 atom stereocenters. The minimum absolute atomic E-state index is 0. The first-order chi connectivity index (χ1) is 0. The maximum absolute atomic E-state index is 0. The van der Waals surface area contributed by atoms with Crippen LogP contribution in [0.25, 0.3) is 0 Å². The average molecular weight is 460 g/mol. The Morgan fingerprint density at radius 3 is 1.00 bits per heavy atom. The molecule has 0 aromatic rings. The van der Waals surface area contributed by atoms with Gasteiger partial charge in [0.1, 0.15) is 0 Å². The maximum atomic E-state index is 0.